The van der Waals surface area contributed by atoms with Gasteiger partial charge in [0, 0.05) is 6.54 Å². The third-order valence-electron chi connectivity index (χ3n) is 5.48. The Labute approximate surface area is 167 Å². The van der Waals surface area contributed by atoms with Crippen molar-refractivity contribution in [1.82, 2.24) is 10.6 Å². The lowest BCUT2D eigenvalue weighted by atomic mass is 9.93. The van der Waals surface area contributed by atoms with Crippen LogP contribution in [0.2, 0.25) is 0 Å². The molecule has 1 heterocycles. The molecule has 3 rings (SSSR count). The molecule has 5 nitrogen and oxygen atoms in total. The summed E-state index contributed by atoms with van der Waals surface area (Å²) >= 11 is 0. The zero-order chi connectivity index (χ0) is 19.9. The van der Waals surface area contributed by atoms with Crippen LogP contribution in [0.3, 0.4) is 0 Å². The summed E-state index contributed by atoms with van der Waals surface area (Å²) in [6, 6.07) is 14.0. The molecule has 2 aromatic rings. The van der Waals surface area contributed by atoms with Crippen LogP contribution in [0.4, 0.5) is 0 Å². The van der Waals surface area contributed by atoms with Gasteiger partial charge in [0.05, 0.1) is 26.2 Å². The highest BCUT2D eigenvalue weighted by molar-refractivity contribution is 5.79. The first-order valence-corrected chi connectivity index (χ1v) is 9.90. The maximum atomic E-state index is 12.9. The third-order valence-corrected chi connectivity index (χ3v) is 5.48. The summed E-state index contributed by atoms with van der Waals surface area (Å²) in [5.41, 5.74) is 3.46. The Morgan fingerprint density at radius 3 is 2.64 bits per heavy atom. The Kier molecular flexibility index (Phi) is 6.93. The minimum Gasteiger partial charge on any atom is -0.493 e. The molecule has 150 valence electrons. The fourth-order valence-corrected chi connectivity index (χ4v) is 3.75. The van der Waals surface area contributed by atoms with Gasteiger partial charge < -0.3 is 20.1 Å². The van der Waals surface area contributed by atoms with E-state index in [9.17, 15) is 4.79 Å². The molecule has 28 heavy (non-hydrogen) atoms. The molecule has 1 aliphatic heterocycles. The van der Waals surface area contributed by atoms with Crippen LogP contribution in [0.25, 0.3) is 0 Å². The topological polar surface area (TPSA) is 59.6 Å². The molecule has 0 saturated carbocycles. The number of benzene rings is 2. The van der Waals surface area contributed by atoms with Crippen LogP contribution in [-0.4, -0.2) is 33.2 Å². The number of nitrogens with one attached hydrogen (secondary N) is 2. The average Bonchev–Trinajstić information content (AvgIpc) is 2.74. The number of methoxy groups -OCH3 is 2. The number of carbonyl (C=O) groups is 1. The monoisotopic (exact) mass is 382 g/mol. The zero-order valence-corrected chi connectivity index (χ0v) is 17.0. The highest BCUT2D eigenvalue weighted by atomic mass is 16.5. The summed E-state index contributed by atoms with van der Waals surface area (Å²) in [5, 5.41) is 6.62. The standard InChI is InChI=1S/C23H30N2O3/c1-16-7-4-5-8-17(16)13-20(25-23(26)19-9-6-12-24-15-19)18-10-11-21(27-2)22(14-18)28-3/h4-5,7-8,10-11,14,19-20,24H,6,9,12-13,15H2,1-3H3,(H,25,26). The molecule has 5 heteroatoms. The molecular weight excluding hydrogens is 352 g/mol. The van der Waals surface area contributed by atoms with Gasteiger partial charge in [0.2, 0.25) is 5.91 Å². The molecule has 0 aromatic heterocycles. The van der Waals surface area contributed by atoms with E-state index in [2.05, 4.69) is 29.7 Å². The van der Waals surface area contributed by atoms with Gasteiger partial charge in [-0.05, 0) is 61.6 Å². The lowest BCUT2D eigenvalue weighted by molar-refractivity contribution is -0.126. The van der Waals surface area contributed by atoms with E-state index >= 15 is 0 Å². The van der Waals surface area contributed by atoms with Crippen LogP contribution in [0.1, 0.15) is 35.6 Å². The number of ether oxygens (including phenoxy) is 2. The number of rotatable bonds is 7. The summed E-state index contributed by atoms with van der Waals surface area (Å²) in [7, 11) is 3.25. The maximum absolute atomic E-state index is 12.9. The van der Waals surface area contributed by atoms with E-state index in [1.807, 2.05) is 30.3 Å². The van der Waals surface area contributed by atoms with Crippen molar-refractivity contribution in [1.29, 1.82) is 0 Å². The number of aryl methyl sites for hydroxylation is 1. The second-order valence-corrected chi connectivity index (χ2v) is 7.35. The van der Waals surface area contributed by atoms with Crippen LogP contribution in [0.15, 0.2) is 42.5 Å². The molecular formula is C23H30N2O3. The molecule has 0 aliphatic carbocycles. The van der Waals surface area contributed by atoms with Crippen LogP contribution in [-0.2, 0) is 11.2 Å². The van der Waals surface area contributed by atoms with Crippen LogP contribution in [0.5, 0.6) is 11.5 Å². The van der Waals surface area contributed by atoms with Gasteiger partial charge in [-0.3, -0.25) is 4.79 Å². The molecule has 1 aliphatic rings. The molecule has 0 spiro atoms. The smallest absolute Gasteiger partial charge is 0.224 e. The zero-order valence-electron chi connectivity index (χ0n) is 17.0. The summed E-state index contributed by atoms with van der Waals surface area (Å²) in [6.07, 6.45) is 2.70. The average molecular weight is 383 g/mol. The first-order chi connectivity index (χ1) is 13.6. The van der Waals surface area contributed by atoms with E-state index in [1.54, 1.807) is 14.2 Å². The van der Waals surface area contributed by atoms with Gasteiger partial charge in [-0.1, -0.05) is 30.3 Å². The Balaban J connectivity index is 1.87. The predicted octanol–water partition coefficient (Wildman–Crippen LogP) is 3.41. The van der Waals surface area contributed by atoms with Gasteiger partial charge in [0.25, 0.3) is 0 Å². The maximum Gasteiger partial charge on any atom is 0.224 e. The molecule has 1 saturated heterocycles. The fourth-order valence-electron chi connectivity index (χ4n) is 3.75. The summed E-state index contributed by atoms with van der Waals surface area (Å²) < 4.78 is 10.8. The molecule has 1 amide bonds. The number of piperidine rings is 1. The molecule has 2 N–H and O–H groups in total. The second kappa shape index (κ2) is 9.60. The van der Waals surface area contributed by atoms with E-state index in [4.69, 9.17) is 9.47 Å². The van der Waals surface area contributed by atoms with Gasteiger partial charge in [-0.25, -0.2) is 0 Å². The summed E-state index contributed by atoms with van der Waals surface area (Å²) in [4.78, 5) is 12.9. The molecule has 2 unspecified atom stereocenters. The van der Waals surface area contributed by atoms with Gasteiger partial charge in [-0.2, -0.15) is 0 Å². The second-order valence-electron chi connectivity index (χ2n) is 7.35. The number of hydrogen-bond acceptors (Lipinski definition) is 4. The van der Waals surface area contributed by atoms with Gasteiger partial charge in [0.15, 0.2) is 11.5 Å². The van der Waals surface area contributed by atoms with Crippen molar-refractivity contribution in [3.63, 3.8) is 0 Å². The first kappa shape index (κ1) is 20.2. The minimum absolute atomic E-state index is 0.0215. The largest absolute Gasteiger partial charge is 0.493 e. The van der Waals surface area contributed by atoms with Crippen molar-refractivity contribution in [2.75, 3.05) is 27.3 Å². The number of amides is 1. The summed E-state index contributed by atoms with van der Waals surface area (Å²) in [6.45, 7) is 3.84. The van der Waals surface area contributed by atoms with Crippen LogP contribution < -0.4 is 20.1 Å². The Morgan fingerprint density at radius 2 is 1.96 bits per heavy atom. The SMILES string of the molecule is COc1ccc(C(Cc2ccccc2C)NC(=O)C2CCCNC2)cc1OC. The van der Waals surface area contributed by atoms with E-state index in [0.29, 0.717) is 11.5 Å². The Hall–Kier alpha value is -2.53. The van der Waals surface area contributed by atoms with Gasteiger partial charge in [0.1, 0.15) is 0 Å². The fraction of sp³-hybridized carbons (Fsp3) is 0.435. The molecule has 0 radical (unpaired) electrons. The van der Waals surface area contributed by atoms with Crippen molar-refractivity contribution < 1.29 is 14.3 Å². The van der Waals surface area contributed by atoms with Crippen molar-refractivity contribution in [3.05, 3.63) is 59.2 Å². The minimum atomic E-state index is -0.129. The summed E-state index contributed by atoms with van der Waals surface area (Å²) in [5.74, 6) is 1.49. The predicted molar refractivity (Wildman–Crippen MR) is 111 cm³/mol. The van der Waals surface area contributed by atoms with Gasteiger partial charge >= 0.3 is 0 Å². The molecule has 0 bridgehead atoms. The normalized spacial score (nSPS) is 17.6. The number of carbonyl (C=O) groups excluding carboxylic acids is 1. The van der Waals surface area contributed by atoms with Crippen LogP contribution in [0, 0.1) is 12.8 Å². The highest BCUT2D eigenvalue weighted by Gasteiger charge is 2.25. The van der Waals surface area contributed by atoms with E-state index in [0.717, 1.165) is 37.9 Å². The molecule has 1 fully saturated rings. The van der Waals surface area contributed by atoms with E-state index < -0.39 is 0 Å². The van der Waals surface area contributed by atoms with Crippen molar-refractivity contribution in [3.8, 4) is 11.5 Å². The van der Waals surface area contributed by atoms with Crippen molar-refractivity contribution in [2.45, 2.75) is 32.2 Å². The Morgan fingerprint density at radius 1 is 1.18 bits per heavy atom. The first-order valence-electron chi connectivity index (χ1n) is 9.90. The lowest BCUT2D eigenvalue weighted by Crippen LogP contribution is -2.42. The Bertz CT molecular complexity index is 800. The van der Waals surface area contributed by atoms with Crippen molar-refractivity contribution >= 4 is 5.91 Å². The van der Waals surface area contributed by atoms with E-state index in [1.165, 1.54) is 11.1 Å². The molecule has 2 aromatic carbocycles. The van der Waals surface area contributed by atoms with E-state index in [-0.39, 0.29) is 17.9 Å². The number of hydrogen-bond donors (Lipinski definition) is 2. The molecule has 2 atom stereocenters. The van der Waals surface area contributed by atoms with Crippen molar-refractivity contribution in [2.24, 2.45) is 5.92 Å². The lowest BCUT2D eigenvalue weighted by Gasteiger charge is -2.26. The van der Waals surface area contributed by atoms with Gasteiger partial charge in [-0.15, -0.1) is 0 Å². The quantitative estimate of drug-likeness (QED) is 0.770. The third kappa shape index (κ3) is 4.84. The highest BCUT2D eigenvalue weighted by Crippen LogP contribution is 2.31. The van der Waals surface area contributed by atoms with Crippen LogP contribution >= 0.6 is 0 Å².